The highest BCUT2D eigenvalue weighted by Gasteiger charge is 2.32. The molecule has 1 aromatic carbocycles. The molecule has 0 saturated carbocycles. The molecule has 1 unspecified atom stereocenters. The van der Waals surface area contributed by atoms with Crippen LogP contribution in [0.4, 0.5) is 5.69 Å². The van der Waals surface area contributed by atoms with E-state index < -0.39 is 10.3 Å². The van der Waals surface area contributed by atoms with Crippen LogP contribution in [0.25, 0.3) is 0 Å². The molecule has 0 radical (unpaired) electrons. The fourth-order valence-corrected chi connectivity index (χ4v) is 3.80. The van der Waals surface area contributed by atoms with Gasteiger partial charge in [0.25, 0.3) is 0 Å². The summed E-state index contributed by atoms with van der Waals surface area (Å²) in [5.41, 5.74) is 1.53. The second-order valence-corrected chi connectivity index (χ2v) is 8.18. The highest BCUT2D eigenvalue weighted by atomic mass is 32.2. The molecule has 0 aliphatic heterocycles. The first kappa shape index (κ1) is 23.7. The van der Waals surface area contributed by atoms with Crippen molar-refractivity contribution >= 4 is 27.5 Å². The van der Waals surface area contributed by atoms with E-state index >= 15 is 0 Å². The second kappa shape index (κ2) is 10.4. The van der Waals surface area contributed by atoms with Gasteiger partial charge in [-0.1, -0.05) is 24.6 Å². The van der Waals surface area contributed by atoms with E-state index in [4.69, 9.17) is 9.57 Å². The van der Waals surface area contributed by atoms with Crippen molar-refractivity contribution in [2.24, 2.45) is 5.16 Å². The van der Waals surface area contributed by atoms with Crippen molar-refractivity contribution in [2.45, 2.75) is 45.4 Å². The summed E-state index contributed by atoms with van der Waals surface area (Å²) in [6.07, 6.45) is 1.64. The number of hydrogen-bond donors (Lipinski definition) is 2. The van der Waals surface area contributed by atoms with Crippen LogP contribution in [0.5, 0.6) is 5.75 Å². The standard InChI is InChI=1S/C20H28N2O7S/c1-5-7-15(21-29-6-2)20-17(23)11-14(12-18(20)24)13-8-9-19(27-3)16(10-13)22-30(25,26)28-4/h8-10,14,22-23H,5-7,11-12H2,1-4H3/b21-15+. The lowest BCUT2D eigenvalue weighted by atomic mass is 9.80. The molecule has 9 nitrogen and oxygen atoms in total. The SMILES string of the molecule is CCC/C(=N\OCC)C1=C(O)CC(c2ccc(OC)c(NS(=O)(=O)OC)c2)CC1=O. The number of aliphatic hydroxyl groups is 1. The van der Waals surface area contributed by atoms with Crippen molar-refractivity contribution in [1.82, 2.24) is 0 Å². The number of carbonyl (C=O) groups is 1. The normalized spacial score (nSPS) is 17.8. The Bertz CT molecular complexity index is 938. The average molecular weight is 441 g/mol. The highest BCUT2D eigenvalue weighted by molar-refractivity contribution is 7.88. The summed E-state index contributed by atoms with van der Waals surface area (Å²) < 4.78 is 35.5. The molecule has 166 valence electrons. The van der Waals surface area contributed by atoms with Crippen LogP contribution in [0.2, 0.25) is 0 Å². The van der Waals surface area contributed by atoms with Crippen LogP contribution in [0.15, 0.2) is 34.7 Å². The molecule has 0 saturated heterocycles. The molecule has 30 heavy (non-hydrogen) atoms. The van der Waals surface area contributed by atoms with Crippen LogP contribution < -0.4 is 9.46 Å². The quantitative estimate of drug-likeness (QED) is 0.422. The zero-order chi connectivity index (χ0) is 22.3. The molecule has 1 aliphatic rings. The van der Waals surface area contributed by atoms with Gasteiger partial charge in [0, 0.05) is 12.8 Å². The number of hydrogen-bond acceptors (Lipinski definition) is 8. The number of nitrogens with one attached hydrogen (secondary N) is 1. The fraction of sp³-hybridized carbons (Fsp3) is 0.500. The van der Waals surface area contributed by atoms with Gasteiger partial charge in [-0.05, 0) is 37.0 Å². The van der Waals surface area contributed by atoms with Gasteiger partial charge in [-0.2, -0.15) is 8.42 Å². The average Bonchev–Trinajstić information content (AvgIpc) is 2.71. The first-order valence-corrected chi connectivity index (χ1v) is 11.1. The van der Waals surface area contributed by atoms with Crippen LogP contribution in [-0.4, -0.2) is 45.8 Å². The van der Waals surface area contributed by atoms with Gasteiger partial charge in [-0.15, -0.1) is 0 Å². The zero-order valence-electron chi connectivity index (χ0n) is 17.6. The number of allylic oxidation sites excluding steroid dienone is 2. The van der Waals surface area contributed by atoms with E-state index in [9.17, 15) is 18.3 Å². The lowest BCUT2D eigenvalue weighted by molar-refractivity contribution is -0.116. The number of ether oxygens (including phenoxy) is 1. The summed E-state index contributed by atoms with van der Waals surface area (Å²) in [6.45, 7) is 4.11. The van der Waals surface area contributed by atoms with Gasteiger partial charge in [-0.25, -0.2) is 0 Å². The van der Waals surface area contributed by atoms with Crippen molar-refractivity contribution in [3.05, 3.63) is 35.1 Å². The third-order valence-electron chi connectivity index (χ3n) is 4.67. The molecular formula is C20H28N2O7S. The monoisotopic (exact) mass is 440 g/mol. The number of benzene rings is 1. The summed E-state index contributed by atoms with van der Waals surface area (Å²) in [5.74, 6) is -0.299. The molecule has 2 rings (SSSR count). The van der Waals surface area contributed by atoms with Crippen molar-refractivity contribution < 1.29 is 32.1 Å². The maximum Gasteiger partial charge on any atom is 0.359 e. The van der Waals surface area contributed by atoms with E-state index in [0.717, 1.165) is 13.5 Å². The van der Waals surface area contributed by atoms with Crippen LogP contribution >= 0.6 is 0 Å². The number of Topliss-reactive ketones (excluding diaryl/α,β-unsaturated/α-hetero) is 1. The van der Waals surface area contributed by atoms with Crippen LogP contribution in [0.3, 0.4) is 0 Å². The predicted molar refractivity (Wildman–Crippen MR) is 113 cm³/mol. The van der Waals surface area contributed by atoms with Crippen molar-refractivity contribution in [3.8, 4) is 5.75 Å². The minimum atomic E-state index is -3.99. The molecule has 1 aliphatic carbocycles. The summed E-state index contributed by atoms with van der Waals surface area (Å²) in [6, 6.07) is 4.91. The van der Waals surface area contributed by atoms with Crippen LogP contribution in [-0.2, 0) is 24.1 Å². The fourth-order valence-electron chi connectivity index (χ4n) is 3.29. The molecule has 0 aromatic heterocycles. The Morgan fingerprint density at radius 3 is 2.57 bits per heavy atom. The van der Waals surface area contributed by atoms with E-state index in [1.165, 1.54) is 7.11 Å². The second-order valence-electron chi connectivity index (χ2n) is 6.74. The molecule has 0 fully saturated rings. The minimum Gasteiger partial charge on any atom is -0.511 e. The molecule has 0 amide bonds. The van der Waals surface area contributed by atoms with Gasteiger partial charge in [0.1, 0.15) is 18.1 Å². The third-order valence-corrected chi connectivity index (χ3v) is 5.58. The number of nitrogens with zero attached hydrogens (tertiary/aromatic N) is 1. The van der Waals surface area contributed by atoms with Crippen molar-refractivity contribution in [1.29, 1.82) is 0 Å². The van der Waals surface area contributed by atoms with Gasteiger partial charge < -0.3 is 14.7 Å². The Morgan fingerprint density at radius 1 is 1.27 bits per heavy atom. The van der Waals surface area contributed by atoms with Crippen LogP contribution in [0.1, 0.15) is 51.0 Å². The number of anilines is 1. The summed E-state index contributed by atoms with van der Waals surface area (Å²) in [7, 11) is -1.54. The predicted octanol–water partition coefficient (Wildman–Crippen LogP) is 3.45. The lowest BCUT2D eigenvalue weighted by Gasteiger charge is -2.25. The molecular weight excluding hydrogens is 412 g/mol. The van der Waals surface area contributed by atoms with Gasteiger partial charge in [0.15, 0.2) is 5.78 Å². The number of rotatable bonds is 10. The minimum absolute atomic E-state index is 0.0435. The number of oxime groups is 1. The number of methoxy groups -OCH3 is 1. The van der Waals surface area contributed by atoms with Crippen LogP contribution in [0, 0.1) is 0 Å². The Balaban J connectivity index is 2.37. The highest BCUT2D eigenvalue weighted by Crippen LogP contribution is 2.38. The number of ketones is 1. The van der Waals surface area contributed by atoms with Gasteiger partial charge in [-0.3, -0.25) is 13.7 Å². The smallest absolute Gasteiger partial charge is 0.359 e. The zero-order valence-corrected chi connectivity index (χ0v) is 18.4. The topological polar surface area (TPSA) is 124 Å². The third kappa shape index (κ3) is 5.73. The van der Waals surface area contributed by atoms with Crippen molar-refractivity contribution in [3.63, 3.8) is 0 Å². The molecule has 2 N–H and O–H groups in total. The number of aliphatic hydroxyl groups excluding tert-OH is 1. The maximum atomic E-state index is 12.8. The Kier molecular flexibility index (Phi) is 8.24. The first-order valence-electron chi connectivity index (χ1n) is 9.67. The summed E-state index contributed by atoms with van der Waals surface area (Å²) >= 11 is 0. The summed E-state index contributed by atoms with van der Waals surface area (Å²) in [5, 5.41) is 14.6. The molecule has 0 bridgehead atoms. The first-order chi connectivity index (χ1) is 14.3. The summed E-state index contributed by atoms with van der Waals surface area (Å²) in [4.78, 5) is 17.9. The number of carbonyl (C=O) groups excluding carboxylic acids is 1. The van der Waals surface area contributed by atoms with Crippen molar-refractivity contribution in [2.75, 3.05) is 25.5 Å². The van der Waals surface area contributed by atoms with Gasteiger partial charge >= 0.3 is 10.3 Å². The molecule has 1 aromatic rings. The molecule has 0 spiro atoms. The van der Waals surface area contributed by atoms with E-state index in [2.05, 4.69) is 14.1 Å². The van der Waals surface area contributed by atoms with E-state index in [1.807, 2.05) is 6.92 Å². The van der Waals surface area contributed by atoms with Gasteiger partial charge in [0.05, 0.1) is 31.2 Å². The lowest BCUT2D eigenvalue weighted by Crippen LogP contribution is -2.24. The molecule has 10 heteroatoms. The molecule has 1 atom stereocenters. The Morgan fingerprint density at radius 2 is 2.00 bits per heavy atom. The largest absolute Gasteiger partial charge is 0.511 e. The van der Waals surface area contributed by atoms with E-state index in [1.54, 1.807) is 25.1 Å². The Hall–Kier alpha value is -2.59. The molecule has 0 heterocycles. The van der Waals surface area contributed by atoms with E-state index in [0.29, 0.717) is 30.1 Å². The van der Waals surface area contributed by atoms with Gasteiger partial charge in [0.2, 0.25) is 0 Å². The Labute approximate surface area is 177 Å². The van der Waals surface area contributed by atoms with E-state index in [-0.39, 0.29) is 41.6 Å². The maximum absolute atomic E-state index is 12.8.